The first kappa shape index (κ1) is 17.1. The van der Waals surface area contributed by atoms with Gasteiger partial charge >= 0.3 is 0 Å². The lowest BCUT2D eigenvalue weighted by molar-refractivity contribution is -0.131. The minimum atomic E-state index is -0.221. The summed E-state index contributed by atoms with van der Waals surface area (Å²) in [5, 5.41) is 9.45. The zero-order chi connectivity index (χ0) is 19.1. The number of fused-ring (bicyclic) bond motifs is 2. The molecule has 1 N–H and O–H groups in total. The highest BCUT2D eigenvalue weighted by molar-refractivity contribution is 5.93. The number of hydrogen-bond acceptors (Lipinski definition) is 4. The van der Waals surface area contributed by atoms with Gasteiger partial charge in [0.2, 0.25) is 5.91 Å². The first-order chi connectivity index (χ1) is 13.7. The molecule has 0 unspecified atom stereocenters. The molecule has 1 aromatic heterocycles. The number of benzene rings is 2. The summed E-state index contributed by atoms with van der Waals surface area (Å²) >= 11 is 0. The smallest absolute Gasteiger partial charge is 0.275 e. The van der Waals surface area contributed by atoms with E-state index in [2.05, 4.69) is 10.4 Å². The molecular weight excluding hydrogens is 352 g/mol. The molecule has 3 heterocycles. The molecule has 28 heavy (non-hydrogen) atoms. The lowest BCUT2D eigenvalue weighted by Gasteiger charge is -2.18. The van der Waals surface area contributed by atoms with E-state index in [1.165, 1.54) is 4.68 Å². The maximum atomic E-state index is 13.0. The third kappa shape index (κ3) is 2.90. The van der Waals surface area contributed by atoms with Crippen molar-refractivity contribution < 1.29 is 4.79 Å². The predicted molar refractivity (Wildman–Crippen MR) is 108 cm³/mol. The number of likely N-dealkylation sites (tertiary alicyclic amines) is 1. The average molecular weight is 374 g/mol. The van der Waals surface area contributed by atoms with Crippen LogP contribution in [0.1, 0.15) is 6.42 Å². The lowest BCUT2D eigenvalue weighted by Crippen LogP contribution is -2.38. The molecule has 2 saturated heterocycles. The van der Waals surface area contributed by atoms with E-state index in [4.69, 9.17) is 0 Å². The van der Waals surface area contributed by atoms with Crippen molar-refractivity contribution >= 4 is 16.7 Å². The number of aromatic nitrogens is 2. The van der Waals surface area contributed by atoms with Crippen LogP contribution < -0.4 is 10.9 Å². The van der Waals surface area contributed by atoms with Crippen molar-refractivity contribution in [3.8, 4) is 11.3 Å². The summed E-state index contributed by atoms with van der Waals surface area (Å²) in [7, 11) is 0. The molecule has 2 aromatic carbocycles. The maximum absolute atomic E-state index is 13.0. The van der Waals surface area contributed by atoms with E-state index in [0.29, 0.717) is 17.3 Å². The van der Waals surface area contributed by atoms with Crippen LogP contribution >= 0.6 is 0 Å². The third-order valence-corrected chi connectivity index (χ3v) is 5.92. The van der Waals surface area contributed by atoms with Crippen LogP contribution in [0.4, 0.5) is 0 Å². The normalized spacial score (nSPS) is 21.2. The summed E-state index contributed by atoms with van der Waals surface area (Å²) in [6.07, 6.45) is 1.11. The molecule has 2 aliphatic heterocycles. The summed E-state index contributed by atoms with van der Waals surface area (Å²) in [6.45, 7) is 2.49. The van der Waals surface area contributed by atoms with Gasteiger partial charge in [0.25, 0.3) is 5.56 Å². The molecule has 1 amide bonds. The van der Waals surface area contributed by atoms with Crippen LogP contribution in [0.5, 0.6) is 0 Å². The first-order valence-corrected chi connectivity index (χ1v) is 9.77. The molecular formula is C22H22N4O2. The Morgan fingerprint density at radius 3 is 2.57 bits per heavy atom. The third-order valence-electron chi connectivity index (χ3n) is 5.92. The topological polar surface area (TPSA) is 67.2 Å². The molecule has 3 aromatic rings. The Bertz CT molecular complexity index is 1080. The minimum Gasteiger partial charge on any atom is -0.339 e. The summed E-state index contributed by atoms with van der Waals surface area (Å²) < 4.78 is 1.33. The maximum Gasteiger partial charge on any atom is 0.275 e. The van der Waals surface area contributed by atoms with Crippen LogP contribution in [-0.2, 0) is 11.3 Å². The van der Waals surface area contributed by atoms with Gasteiger partial charge in [0.15, 0.2) is 0 Å². The van der Waals surface area contributed by atoms with Crippen molar-refractivity contribution in [3.05, 3.63) is 65.0 Å². The van der Waals surface area contributed by atoms with Gasteiger partial charge in [0.05, 0.1) is 11.1 Å². The molecule has 0 saturated carbocycles. The Labute approximate surface area is 162 Å². The molecule has 0 radical (unpaired) electrons. The van der Waals surface area contributed by atoms with Crippen molar-refractivity contribution in [2.24, 2.45) is 5.92 Å². The Kier molecular flexibility index (Phi) is 4.20. The Hall–Kier alpha value is -2.99. The lowest BCUT2D eigenvalue weighted by atomic mass is 10.1. The highest BCUT2D eigenvalue weighted by Gasteiger charge is 2.37. The van der Waals surface area contributed by atoms with E-state index < -0.39 is 0 Å². The fourth-order valence-corrected chi connectivity index (χ4v) is 4.43. The largest absolute Gasteiger partial charge is 0.339 e. The standard InChI is InChI=1S/C22H22N4O2/c27-20(25-12-16-10-11-23-19(16)13-25)14-26-22(28)18-9-5-4-8-17(18)21(24-26)15-6-2-1-3-7-15/h1-9,16,19,23H,10-14H2/t16-,19+/m0/s1. The van der Waals surface area contributed by atoms with Crippen LogP contribution in [0.25, 0.3) is 22.0 Å². The van der Waals surface area contributed by atoms with Crippen molar-refractivity contribution in [1.29, 1.82) is 0 Å². The number of nitrogens with zero attached hydrogens (tertiary/aromatic N) is 3. The molecule has 6 heteroatoms. The van der Waals surface area contributed by atoms with Gasteiger partial charge < -0.3 is 10.2 Å². The van der Waals surface area contributed by atoms with Crippen LogP contribution in [0.15, 0.2) is 59.4 Å². The summed E-state index contributed by atoms with van der Waals surface area (Å²) in [4.78, 5) is 27.7. The zero-order valence-electron chi connectivity index (χ0n) is 15.5. The number of hydrogen-bond donors (Lipinski definition) is 1. The number of amides is 1. The Morgan fingerprint density at radius 1 is 1.04 bits per heavy atom. The number of rotatable bonds is 3. The monoisotopic (exact) mass is 374 g/mol. The molecule has 6 nitrogen and oxygen atoms in total. The summed E-state index contributed by atoms with van der Waals surface area (Å²) in [6, 6.07) is 17.6. The molecule has 0 aliphatic carbocycles. The summed E-state index contributed by atoms with van der Waals surface area (Å²) in [5.41, 5.74) is 1.43. The molecule has 2 aliphatic rings. The van der Waals surface area contributed by atoms with E-state index in [1.807, 2.05) is 53.4 Å². The fourth-order valence-electron chi connectivity index (χ4n) is 4.43. The van der Waals surface area contributed by atoms with Gasteiger partial charge in [0.1, 0.15) is 6.54 Å². The van der Waals surface area contributed by atoms with Crippen LogP contribution in [0.3, 0.4) is 0 Å². The number of nitrogens with one attached hydrogen (secondary N) is 1. The van der Waals surface area contributed by atoms with Crippen LogP contribution in [0, 0.1) is 5.92 Å². The second-order valence-electron chi connectivity index (χ2n) is 7.63. The second kappa shape index (κ2) is 6.87. The second-order valence-corrected chi connectivity index (χ2v) is 7.63. The van der Waals surface area contributed by atoms with Gasteiger partial charge in [-0.1, -0.05) is 48.5 Å². The molecule has 5 rings (SSSR count). The zero-order valence-corrected chi connectivity index (χ0v) is 15.5. The van der Waals surface area contributed by atoms with Crippen molar-refractivity contribution in [2.75, 3.05) is 19.6 Å². The predicted octanol–water partition coefficient (Wildman–Crippen LogP) is 1.88. The summed E-state index contributed by atoms with van der Waals surface area (Å²) in [5.74, 6) is 0.491. The number of carbonyl (C=O) groups excluding carboxylic acids is 1. The van der Waals surface area contributed by atoms with Crippen molar-refractivity contribution in [3.63, 3.8) is 0 Å². The van der Waals surface area contributed by atoms with Crippen molar-refractivity contribution in [1.82, 2.24) is 20.0 Å². The van der Waals surface area contributed by atoms with E-state index in [-0.39, 0.29) is 18.0 Å². The van der Waals surface area contributed by atoms with Gasteiger partial charge in [-0.3, -0.25) is 9.59 Å². The molecule has 2 atom stereocenters. The Balaban J connectivity index is 1.52. The van der Waals surface area contributed by atoms with Crippen LogP contribution in [-0.4, -0.2) is 46.3 Å². The minimum absolute atomic E-state index is 0.0249. The molecule has 2 fully saturated rings. The highest BCUT2D eigenvalue weighted by Crippen LogP contribution is 2.26. The highest BCUT2D eigenvalue weighted by atomic mass is 16.2. The van der Waals surface area contributed by atoms with E-state index in [1.54, 1.807) is 6.07 Å². The first-order valence-electron chi connectivity index (χ1n) is 9.77. The molecule has 0 spiro atoms. The van der Waals surface area contributed by atoms with E-state index in [9.17, 15) is 9.59 Å². The van der Waals surface area contributed by atoms with E-state index >= 15 is 0 Å². The van der Waals surface area contributed by atoms with Crippen molar-refractivity contribution in [2.45, 2.75) is 19.0 Å². The molecule has 0 bridgehead atoms. The Morgan fingerprint density at radius 2 is 1.79 bits per heavy atom. The fraction of sp³-hybridized carbons (Fsp3) is 0.318. The van der Waals surface area contributed by atoms with Gasteiger partial charge in [0, 0.05) is 30.1 Å². The van der Waals surface area contributed by atoms with Gasteiger partial charge in [-0.05, 0) is 24.9 Å². The number of carbonyl (C=O) groups is 1. The quantitative estimate of drug-likeness (QED) is 0.760. The van der Waals surface area contributed by atoms with E-state index in [0.717, 1.165) is 42.7 Å². The van der Waals surface area contributed by atoms with Crippen LogP contribution in [0.2, 0.25) is 0 Å². The van der Waals surface area contributed by atoms with Gasteiger partial charge in [-0.2, -0.15) is 5.10 Å². The molecule has 142 valence electrons. The van der Waals surface area contributed by atoms with Gasteiger partial charge in [-0.25, -0.2) is 4.68 Å². The van der Waals surface area contributed by atoms with Gasteiger partial charge in [-0.15, -0.1) is 0 Å². The SMILES string of the molecule is O=C(Cn1nc(-c2ccccc2)c2ccccc2c1=O)N1C[C@@H]2CCN[C@@H]2C1. The average Bonchev–Trinajstić information content (AvgIpc) is 3.33.